The van der Waals surface area contributed by atoms with Gasteiger partial charge in [0, 0.05) is 30.8 Å². The first-order valence-corrected chi connectivity index (χ1v) is 17.1. The number of rotatable bonds is 20. The lowest BCUT2D eigenvalue weighted by atomic mass is 10.1. The molecule has 0 unspecified atom stereocenters. The van der Waals surface area contributed by atoms with Gasteiger partial charge in [-0.25, -0.2) is 0 Å². The molecule has 0 aliphatic carbocycles. The van der Waals surface area contributed by atoms with Crippen molar-refractivity contribution in [2.24, 2.45) is 16.5 Å². The second-order valence-electron chi connectivity index (χ2n) is 12.9. The molecule has 3 aromatic rings. The Labute approximate surface area is 304 Å². The maximum atomic E-state index is 13.9. The van der Waals surface area contributed by atoms with E-state index in [1.165, 1.54) is 12.1 Å². The number of phenols is 1. The van der Waals surface area contributed by atoms with Crippen molar-refractivity contribution < 1.29 is 33.3 Å². The number of aromatic hydroxyl groups is 1. The van der Waals surface area contributed by atoms with E-state index >= 15 is 0 Å². The monoisotopic (exact) mass is 720 g/mol. The molecule has 0 aliphatic heterocycles. The fraction of sp³-hybridized carbons (Fsp3) is 0.421. The molecule has 52 heavy (non-hydrogen) atoms. The van der Waals surface area contributed by atoms with Gasteiger partial charge >= 0.3 is 0 Å². The van der Waals surface area contributed by atoms with E-state index in [1.54, 1.807) is 24.3 Å². The van der Waals surface area contributed by atoms with Crippen LogP contribution in [-0.4, -0.2) is 87.4 Å². The van der Waals surface area contributed by atoms with Gasteiger partial charge in [0.15, 0.2) is 18.3 Å². The summed E-state index contributed by atoms with van der Waals surface area (Å²) in [5.41, 5.74) is 12.8. The van der Waals surface area contributed by atoms with E-state index in [0.717, 1.165) is 24.1 Å². The summed E-state index contributed by atoms with van der Waals surface area (Å²) < 4.78 is 23.6. The summed E-state index contributed by atoms with van der Waals surface area (Å²) in [4.78, 5) is 46.2. The molecule has 0 fully saturated rings. The van der Waals surface area contributed by atoms with Crippen molar-refractivity contribution in [1.82, 2.24) is 15.5 Å². The minimum absolute atomic E-state index is 0.0226. The van der Waals surface area contributed by atoms with Gasteiger partial charge in [-0.05, 0) is 104 Å². The fourth-order valence-electron chi connectivity index (χ4n) is 4.85. The van der Waals surface area contributed by atoms with Crippen molar-refractivity contribution >= 4 is 28.7 Å². The van der Waals surface area contributed by atoms with Gasteiger partial charge in [-0.1, -0.05) is 11.1 Å². The first-order valence-electron chi connectivity index (χ1n) is 17.1. The molecule has 0 spiro atoms. The number of allylic oxidation sites excluding steroid dienone is 2. The van der Waals surface area contributed by atoms with Gasteiger partial charge in [0.05, 0.1) is 0 Å². The maximum absolute atomic E-state index is 13.9. The number of hydrogen-bond donors (Lipinski definition) is 5. The molecule has 0 saturated carbocycles. The summed E-state index contributed by atoms with van der Waals surface area (Å²) in [5, 5.41) is 16.3. The second kappa shape index (κ2) is 20.4. The lowest BCUT2D eigenvalue weighted by molar-refractivity contribution is -0.130. The number of aliphatic imine (C=N–C) groups is 1. The zero-order valence-corrected chi connectivity index (χ0v) is 30.9. The number of carbonyl (C=O) groups excluding carboxylic acids is 2. The predicted molar refractivity (Wildman–Crippen MR) is 203 cm³/mol. The molecule has 0 saturated heterocycles. The molecule has 1 heterocycles. The Morgan fingerprint density at radius 3 is 2.23 bits per heavy atom. The molecule has 0 radical (unpaired) electrons. The number of fused-ring (bicyclic) bond motifs is 1. The normalized spacial score (nSPS) is 11.4. The smallest absolute Gasteiger partial charge is 0.258 e. The summed E-state index contributed by atoms with van der Waals surface area (Å²) in [7, 11) is 3.87. The van der Waals surface area contributed by atoms with Crippen LogP contribution in [0.4, 0.5) is 0 Å². The minimum Gasteiger partial charge on any atom is -0.507 e. The zero-order valence-electron chi connectivity index (χ0n) is 30.9. The van der Waals surface area contributed by atoms with Crippen molar-refractivity contribution in [3.05, 3.63) is 69.9 Å². The van der Waals surface area contributed by atoms with E-state index in [1.807, 2.05) is 58.8 Å². The zero-order chi connectivity index (χ0) is 38.2. The average molecular weight is 721 g/mol. The third-order valence-electron chi connectivity index (χ3n) is 7.53. The van der Waals surface area contributed by atoms with Gasteiger partial charge in [0.2, 0.25) is 17.1 Å². The molecule has 0 bridgehead atoms. The molecule has 3 rings (SSSR count). The maximum Gasteiger partial charge on any atom is 0.258 e. The Bertz CT molecular complexity index is 1800. The van der Waals surface area contributed by atoms with Gasteiger partial charge < -0.3 is 50.7 Å². The Morgan fingerprint density at radius 1 is 0.962 bits per heavy atom. The molecule has 2 aromatic carbocycles. The van der Waals surface area contributed by atoms with Crippen molar-refractivity contribution in [1.29, 1.82) is 0 Å². The summed E-state index contributed by atoms with van der Waals surface area (Å²) in [6, 6.07) is 8.73. The quantitative estimate of drug-likeness (QED) is 0.0491. The number of nitrogens with two attached hydrogens (primary N) is 2. The van der Waals surface area contributed by atoms with Crippen molar-refractivity contribution in [2.45, 2.75) is 53.0 Å². The molecule has 0 aliphatic rings. The van der Waals surface area contributed by atoms with E-state index in [4.69, 9.17) is 30.1 Å². The van der Waals surface area contributed by atoms with E-state index < -0.39 is 24.0 Å². The highest BCUT2D eigenvalue weighted by Crippen LogP contribution is 2.36. The highest BCUT2D eigenvalue weighted by atomic mass is 16.5. The Balaban J connectivity index is 1.92. The summed E-state index contributed by atoms with van der Waals surface area (Å²) in [6.07, 6.45) is 5.20. The molecule has 2 amide bonds. The summed E-state index contributed by atoms with van der Waals surface area (Å²) in [5.74, 6) is -0.881. The van der Waals surface area contributed by atoms with Crippen LogP contribution >= 0.6 is 0 Å². The lowest BCUT2D eigenvalue weighted by Gasteiger charge is -2.19. The largest absolute Gasteiger partial charge is 0.507 e. The van der Waals surface area contributed by atoms with Crippen molar-refractivity contribution in [3.8, 4) is 34.3 Å². The van der Waals surface area contributed by atoms with Crippen LogP contribution in [-0.2, 0) is 9.59 Å². The number of hydrogen-bond acceptors (Lipinski definition) is 10. The van der Waals surface area contributed by atoms with Crippen LogP contribution < -0.4 is 41.7 Å². The number of amides is 2. The van der Waals surface area contributed by atoms with Gasteiger partial charge in [0.1, 0.15) is 47.5 Å². The van der Waals surface area contributed by atoms with Crippen LogP contribution in [0.15, 0.2) is 73.9 Å². The second-order valence-corrected chi connectivity index (χ2v) is 12.9. The van der Waals surface area contributed by atoms with Gasteiger partial charge in [-0.3, -0.25) is 19.4 Å². The molecule has 1 aromatic heterocycles. The van der Waals surface area contributed by atoms with Crippen LogP contribution in [0, 0.1) is 0 Å². The number of nitrogens with one attached hydrogen (secondary N) is 2. The number of phenolic OH excluding ortho intramolecular Hbond substituents is 1. The van der Waals surface area contributed by atoms with Crippen LogP contribution in [0.5, 0.6) is 23.0 Å². The fourth-order valence-corrected chi connectivity index (χ4v) is 4.85. The number of ether oxygens (including phenoxy) is 3. The van der Waals surface area contributed by atoms with Gasteiger partial charge in [-0.15, -0.1) is 0 Å². The highest BCUT2D eigenvalue weighted by Gasteiger charge is 2.24. The summed E-state index contributed by atoms with van der Waals surface area (Å²) in [6.45, 7) is 9.28. The van der Waals surface area contributed by atoms with Crippen LogP contribution in [0.2, 0.25) is 0 Å². The van der Waals surface area contributed by atoms with E-state index in [9.17, 15) is 19.5 Å². The van der Waals surface area contributed by atoms with Crippen LogP contribution in [0.25, 0.3) is 22.3 Å². The third-order valence-corrected chi connectivity index (χ3v) is 7.53. The minimum atomic E-state index is -0.912. The van der Waals surface area contributed by atoms with Gasteiger partial charge in [0.25, 0.3) is 5.91 Å². The molecule has 14 nitrogen and oxygen atoms in total. The number of guanidine groups is 1. The Kier molecular flexibility index (Phi) is 16.0. The van der Waals surface area contributed by atoms with Crippen LogP contribution in [0.3, 0.4) is 0 Å². The average Bonchev–Trinajstić information content (AvgIpc) is 3.07. The SMILES string of the molecule is CC(C)=CCOc1ccc(-c2oc3cc(OCC=C(C)C)cc(O)c3c(=O)c2OCC(=O)N[C@@H](CCCN=C(N)N)C(=O)NCCCN(C)C)cc1. The van der Waals surface area contributed by atoms with Crippen LogP contribution in [0.1, 0.15) is 47.0 Å². The third kappa shape index (κ3) is 13.3. The first-order chi connectivity index (χ1) is 24.7. The van der Waals surface area contributed by atoms with Gasteiger partial charge in [-0.2, -0.15) is 0 Å². The Hall–Kier alpha value is -5.50. The topological polar surface area (TPSA) is 204 Å². The molecule has 14 heteroatoms. The van der Waals surface area contributed by atoms with Crippen molar-refractivity contribution in [2.75, 3.05) is 53.6 Å². The molecule has 1 atom stereocenters. The number of nitrogens with zero attached hydrogens (tertiary/aromatic N) is 2. The van der Waals surface area contributed by atoms with E-state index in [0.29, 0.717) is 36.6 Å². The molecule has 282 valence electrons. The molecular formula is C38H52N6O8. The molecular weight excluding hydrogens is 668 g/mol. The number of carbonyl (C=O) groups is 2. The number of benzene rings is 2. The summed E-state index contributed by atoms with van der Waals surface area (Å²) >= 11 is 0. The van der Waals surface area contributed by atoms with E-state index in [2.05, 4.69) is 15.6 Å². The highest BCUT2D eigenvalue weighted by molar-refractivity contribution is 5.90. The first kappa shape index (κ1) is 40.9. The Morgan fingerprint density at radius 2 is 1.62 bits per heavy atom. The standard InChI is InChI=1S/C38H52N6O8/c1-24(2)14-19-49-27-12-10-26(11-13-27)35-36(34(47)33-30(45)21-28(22-31(33)52-35)50-20-15-25(3)4)51-23-32(46)43-29(9-7-16-42-38(39)40)37(48)41-17-8-18-44(5)6/h10-15,21-22,29,45H,7-9,16-20,23H2,1-6H3,(H,41,48)(H,43,46)(H4,39,40,42)/t29-/m0/s1. The lowest BCUT2D eigenvalue weighted by Crippen LogP contribution is -2.48. The van der Waals surface area contributed by atoms with E-state index in [-0.39, 0.29) is 59.7 Å². The van der Waals surface area contributed by atoms with Crippen molar-refractivity contribution in [3.63, 3.8) is 0 Å². The predicted octanol–water partition coefficient (Wildman–Crippen LogP) is 3.84. The molecule has 7 N–H and O–H groups in total.